The largest absolute Gasteiger partial charge is 0.472 e. The molecule has 3 heteroatoms. The summed E-state index contributed by atoms with van der Waals surface area (Å²) in [4.78, 5) is 0. The van der Waals surface area contributed by atoms with Gasteiger partial charge in [-0.3, -0.25) is 0 Å². The van der Waals surface area contributed by atoms with E-state index in [9.17, 15) is 0 Å². The Balaban J connectivity index is 2.02. The molecule has 0 spiro atoms. The lowest BCUT2D eigenvalue weighted by Crippen LogP contribution is -2.05. The summed E-state index contributed by atoms with van der Waals surface area (Å²) in [5, 5.41) is 12.0. The third kappa shape index (κ3) is 2.88. The molecule has 1 atom stereocenters. The smallest absolute Gasteiger partial charge is 0.0955 e. The van der Waals surface area contributed by atoms with Crippen LogP contribution >= 0.6 is 0 Å². The predicted molar refractivity (Wildman–Crippen MR) is 66.5 cm³/mol. The van der Waals surface area contributed by atoms with E-state index in [0.29, 0.717) is 6.42 Å². The predicted octanol–water partition coefficient (Wildman–Crippen LogP) is 3.52. The number of nitrogens with zero attached hydrogens (tertiary/aromatic N) is 1. The van der Waals surface area contributed by atoms with Gasteiger partial charge < -0.3 is 9.73 Å². The van der Waals surface area contributed by atoms with Crippen molar-refractivity contribution in [1.29, 1.82) is 5.26 Å². The molecule has 0 amide bonds. The van der Waals surface area contributed by atoms with Crippen LogP contribution in [0.5, 0.6) is 0 Å². The molecule has 1 heterocycles. The van der Waals surface area contributed by atoms with E-state index in [2.05, 4.69) is 18.3 Å². The van der Waals surface area contributed by atoms with Crippen molar-refractivity contribution in [3.8, 4) is 6.07 Å². The summed E-state index contributed by atoms with van der Waals surface area (Å²) in [5.74, 6) is 0. The van der Waals surface area contributed by atoms with Crippen molar-refractivity contribution < 1.29 is 4.42 Å². The highest BCUT2D eigenvalue weighted by Crippen LogP contribution is 2.19. The van der Waals surface area contributed by atoms with Gasteiger partial charge in [0, 0.05) is 11.3 Å². The fourth-order valence-electron chi connectivity index (χ4n) is 1.66. The first-order valence-electron chi connectivity index (χ1n) is 5.54. The first-order valence-corrected chi connectivity index (χ1v) is 5.54. The van der Waals surface area contributed by atoms with E-state index in [1.54, 1.807) is 12.5 Å². The molecule has 0 aliphatic rings. The molecule has 1 aromatic heterocycles. The van der Waals surface area contributed by atoms with Gasteiger partial charge in [-0.2, -0.15) is 5.26 Å². The molecule has 2 rings (SSSR count). The number of rotatable bonds is 4. The maximum Gasteiger partial charge on any atom is 0.0955 e. The zero-order chi connectivity index (χ0) is 12.1. The topological polar surface area (TPSA) is 49.0 Å². The lowest BCUT2D eigenvalue weighted by atomic mass is 10.1. The Bertz CT molecular complexity index is 494. The highest BCUT2D eigenvalue weighted by molar-refractivity contribution is 5.46. The third-order valence-corrected chi connectivity index (χ3v) is 2.66. The second-order valence-electron chi connectivity index (χ2n) is 3.95. The van der Waals surface area contributed by atoms with Gasteiger partial charge in [-0.1, -0.05) is 12.1 Å². The Labute approximate surface area is 101 Å². The molecule has 0 fully saturated rings. The Morgan fingerprint density at radius 2 is 2.06 bits per heavy atom. The molecule has 86 valence electrons. The first-order chi connectivity index (χ1) is 8.29. The number of nitrogens with one attached hydrogen (secondary N) is 1. The fraction of sp³-hybridized carbons (Fsp3) is 0.214. The molecular formula is C14H14N2O. The molecule has 2 aromatic rings. The summed E-state index contributed by atoms with van der Waals surface area (Å²) in [6, 6.07) is 12.2. The second-order valence-corrected chi connectivity index (χ2v) is 3.95. The van der Waals surface area contributed by atoms with Gasteiger partial charge in [0.2, 0.25) is 0 Å². The van der Waals surface area contributed by atoms with Gasteiger partial charge in [-0.05, 0) is 30.7 Å². The van der Waals surface area contributed by atoms with Crippen LogP contribution in [-0.4, -0.2) is 0 Å². The molecule has 1 unspecified atom stereocenters. The van der Waals surface area contributed by atoms with Gasteiger partial charge in [0.1, 0.15) is 0 Å². The van der Waals surface area contributed by atoms with Crippen molar-refractivity contribution in [2.24, 2.45) is 0 Å². The molecule has 0 bridgehead atoms. The lowest BCUT2D eigenvalue weighted by Gasteiger charge is -2.13. The van der Waals surface area contributed by atoms with Crippen LogP contribution in [0.1, 0.15) is 24.1 Å². The summed E-state index contributed by atoms with van der Waals surface area (Å²) < 4.78 is 5.05. The van der Waals surface area contributed by atoms with Gasteiger partial charge in [0.15, 0.2) is 0 Å². The van der Waals surface area contributed by atoms with E-state index in [4.69, 9.17) is 9.68 Å². The highest BCUT2D eigenvalue weighted by atomic mass is 16.3. The Morgan fingerprint density at radius 3 is 2.65 bits per heavy atom. The maximum atomic E-state index is 8.58. The summed E-state index contributed by atoms with van der Waals surface area (Å²) in [7, 11) is 0. The first kappa shape index (κ1) is 11.3. The molecular weight excluding hydrogens is 212 g/mol. The van der Waals surface area contributed by atoms with Gasteiger partial charge >= 0.3 is 0 Å². The number of hydrogen-bond donors (Lipinski definition) is 1. The zero-order valence-electron chi connectivity index (χ0n) is 9.68. The molecule has 0 aliphatic carbocycles. The number of nitriles is 1. The zero-order valence-corrected chi connectivity index (χ0v) is 9.68. The Kier molecular flexibility index (Phi) is 3.46. The quantitative estimate of drug-likeness (QED) is 0.867. The van der Waals surface area contributed by atoms with Crippen molar-refractivity contribution in [3.63, 3.8) is 0 Å². The van der Waals surface area contributed by atoms with Crippen molar-refractivity contribution >= 4 is 5.69 Å². The van der Waals surface area contributed by atoms with Crippen molar-refractivity contribution in [2.75, 3.05) is 5.32 Å². The molecule has 0 saturated heterocycles. The molecule has 0 radical (unpaired) electrons. The minimum atomic E-state index is 0.204. The molecule has 3 nitrogen and oxygen atoms in total. The van der Waals surface area contributed by atoms with Gasteiger partial charge in [-0.15, -0.1) is 0 Å². The SMILES string of the molecule is CC(Nc1ccc(CC#N)cc1)c1ccoc1. The number of furan rings is 1. The van der Waals surface area contributed by atoms with Crippen LogP contribution in [-0.2, 0) is 6.42 Å². The fourth-order valence-corrected chi connectivity index (χ4v) is 1.66. The van der Waals surface area contributed by atoms with E-state index >= 15 is 0 Å². The summed E-state index contributed by atoms with van der Waals surface area (Å²) in [6.45, 7) is 2.08. The summed E-state index contributed by atoms with van der Waals surface area (Å²) in [6.07, 6.45) is 3.86. The monoisotopic (exact) mass is 226 g/mol. The van der Waals surface area contributed by atoms with Crippen LogP contribution < -0.4 is 5.32 Å². The summed E-state index contributed by atoms with van der Waals surface area (Å²) in [5.41, 5.74) is 3.19. The minimum Gasteiger partial charge on any atom is -0.472 e. The Hall–Kier alpha value is -2.21. The van der Waals surface area contributed by atoms with Gasteiger partial charge in [0.25, 0.3) is 0 Å². The molecule has 1 N–H and O–H groups in total. The van der Waals surface area contributed by atoms with Crippen LogP contribution in [0.15, 0.2) is 47.3 Å². The van der Waals surface area contributed by atoms with Gasteiger partial charge in [-0.25, -0.2) is 0 Å². The number of benzene rings is 1. The van der Waals surface area contributed by atoms with Crippen molar-refractivity contribution in [1.82, 2.24) is 0 Å². The van der Waals surface area contributed by atoms with Crippen LogP contribution in [0.4, 0.5) is 5.69 Å². The average Bonchev–Trinajstić information content (AvgIpc) is 2.86. The van der Waals surface area contributed by atoms with E-state index in [1.165, 1.54) is 0 Å². The molecule has 1 aromatic carbocycles. The number of hydrogen-bond acceptors (Lipinski definition) is 3. The van der Waals surface area contributed by atoms with Gasteiger partial charge in [0.05, 0.1) is 31.1 Å². The average molecular weight is 226 g/mol. The van der Waals surface area contributed by atoms with Crippen molar-refractivity contribution in [2.45, 2.75) is 19.4 Å². The minimum absolute atomic E-state index is 0.204. The standard InChI is InChI=1S/C14H14N2O/c1-11(13-7-9-17-10-13)16-14-4-2-12(3-5-14)6-8-15/h2-5,7,9-11,16H,6H2,1H3. The van der Waals surface area contributed by atoms with E-state index in [0.717, 1.165) is 16.8 Å². The maximum absolute atomic E-state index is 8.58. The Morgan fingerprint density at radius 1 is 1.29 bits per heavy atom. The van der Waals surface area contributed by atoms with Crippen LogP contribution in [0.2, 0.25) is 0 Å². The van der Waals surface area contributed by atoms with E-state index < -0.39 is 0 Å². The van der Waals surface area contributed by atoms with Crippen LogP contribution in [0, 0.1) is 11.3 Å². The van der Waals surface area contributed by atoms with Crippen LogP contribution in [0.3, 0.4) is 0 Å². The second kappa shape index (κ2) is 5.22. The molecule has 17 heavy (non-hydrogen) atoms. The normalized spacial score (nSPS) is 11.8. The highest BCUT2D eigenvalue weighted by Gasteiger charge is 2.05. The lowest BCUT2D eigenvalue weighted by molar-refractivity contribution is 0.562. The number of anilines is 1. The molecule has 0 aliphatic heterocycles. The third-order valence-electron chi connectivity index (χ3n) is 2.66. The summed E-state index contributed by atoms with van der Waals surface area (Å²) >= 11 is 0. The van der Waals surface area contributed by atoms with Crippen molar-refractivity contribution in [3.05, 3.63) is 54.0 Å². The molecule has 0 saturated carbocycles. The van der Waals surface area contributed by atoms with Crippen LogP contribution in [0.25, 0.3) is 0 Å². The van der Waals surface area contributed by atoms with E-state index in [1.807, 2.05) is 30.3 Å². The van der Waals surface area contributed by atoms with E-state index in [-0.39, 0.29) is 6.04 Å².